The standard InChI is InChI=1S/C28H31F3/c1-2-3-4-5-21-10-16-26-23(18-21)12-13-24-19-22(11-17-27(24)26)7-6-20-8-14-25(15-9-20)28(29,30)31/h8-9,11,14-15,17,19,21,23,26H,2-5,10,12-13,16,18H2,1H3. The second kappa shape index (κ2) is 9.51. The maximum absolute atomic E-state index is 12.7. The molecule has 0 bridgehead atoms. The van der Waals surface area contributed by atoms with Gasteiger partial charge in [-0.25, -0.2) is 0 Å². The van der Waals surface area contributed by atoms with Crippen molar-refractivity contribution in [3.8, 4) is 11.8 Å². The van der Waals surface area contributed by atoms with Crippen LogP contribution in [0.25, 0.3) is 0 Å². The molecule has 2 aliphatic carbocycles. The molecule has 3 atom stereocenters. The van der Waals surface area contributed by atoms with Crippen LogP contribution in [-0.2, 0) is 12.6 Å². The van der Waals surface area contributed by atoms with Crippen LogP contribution in [0.1, 0.15) is 92.0 Å². The molecule has 2 aliphatic rings. The molecule has 164 valence electrons. The van der Waals surface area contributed by atoms with E-state index in [1.807, 2.05) is 0 Å². The van der Waals surface area contributed by atoms with Gasteiger partial charge in [0.25, 0.3) is 0 Å². The number of hydrogen-bond acceptors (Lipinski definition) is 0. The Morgan fingerprint density at radius 1 is 0.903 bits per heavy atom. The lowest BCUT2D eigenvalue weighted by Crippen LogP contribution is -2.28. The van der Waals surface area contributed by atoms with E-state index in [0.29, 0.717) is 11.5 Å². The van der Waals surface area contributed by atoms with E-state index in [1.165, 1.54) is 74.6 Å². The fourth-order valence-corrected chi connectivity index (χ4v) is 5.52. The number of aryl methyl sites for hydroxylation is 1. The highest BCUT2D eigenvalue weighted by Gasteiger charge is 2.35. The molecule has 3 unspecified atom stereocenters. The first-order valence-electron chi connectivity index (χ1n) is 11.8. The van der Waals surface area contributed by atoms with Gasteiger partial charge in [-0.05, 0) is 97.4 Å². The Hall–Kier alpha value is -2.21. The van der Waals surface area contributed by atoms with Gasteiger partial charge in [0.1, 0.15) is 0 Å². The summed E-state index contributed by atoms with van der Waals surface area (Å²) < 4.78 is 38.1. The summed E-state index contributed by atoms with van der Waals surface area (Å²) in [7, 11) is 0. The van der Waals surface area contributed by atoms with E-state index in [0.717, 1.165) is 36.0 Å². The van der Waals surface area contributed by atoms with Gasteiger partial charge in [0.15, 0.2) is 0 Å². The predicted octanol–water partition coefficient (Wildman–Crippen LogP) is 8.13. The minimum atomic E-state index is -4.31. The summed E-state index contributed by atoms with van der Waals surface area (Å²) in [6.07, 6.45) is 7.61. The van der Waals surface area contributed by atoms with Crippen LogP contribution in [0, 0.1) is 23.7 Å². The van der Waals surface area contributed by atoms with Gasteiger partial charge >= 0.3 is 6.18 Å². The molecular formula is C28H31F3. The lowest BCUT2D eigenvalue weighted by Gasteiger charge is -2.40. The van der Waals surface area contributed by atoms with E-state index in [1.54, 1.807) is 0 Å². The molecule has 0 radical (unpaired) electrons. The average molecular weight is 425 g/mol. The van der Waals surface area contributed by atoms with Crippen LogP contribution >= 0.6 is 0 Å². The van der Waals surface area contributed by atoms with Gasteiger partial charge < -0.3 is 0 Å². The van der Waals surface area contributed by atoms with Crippen molar-refractivity contribution in [1.29, 1.82) is 0 Å². The van der Waals surface area contributed by atoms with Gasteiger partial charge in [-0.2, -0.15) is 13.2 Å². The molecule has 31 heavy (non-hydrogen) atoms. The van der Waals surface area contributed by atoms with Gasteiger partial charge in [0.2, 0.25) is 0 Å². The van der Waals surface area contributed by atoms with Crippen LogP contribution in [0.3, 0.4) is 0 Å². The quantitative estimate of drug-likeness (QED) is 0.343. The van der Waals surface area contributed by atoms with E-state index in [4.69, 9.17) is 0 Å². The highest BCUT2D eigenvalue weighted by atomic mass is 19.4. The van der Waals surface area contributed by atoms with E-state index in [-0.39, 0.29) is 0 Å². The van der Waals surface area contributed by atoms with Crippen molar-refractivity contribution in [1.82, 2.24) is 0 Å². The molecule has 0 spiro atoms. The summed E-state index contributed by atoms with van der Waals surface area (Å²) in [5.41, 5.74) is 3.85. The first-order chi connectivity index (χ1) is 14.9. The Labute approximate surface area is 184 Å². The number of rotatable bonds is 4. The Kier molecular flexibility index (Phi) is 6.75. The van der Waals surface area contributed by atoms with Crippen molar-refractivity contribution in [2.24, 2.45) is 11.8 Å². The Morgan fingerprint density at radius 3 is 2.39 bits per heavy atom. The number of fused-ring (bicyclic) bond motifs is 3. The molecular weight excluding hydrogens is 393 g/mol. The molecule has 1 fully saturated rings. The van der Waals surface area contributed by atoms with Gasteiger partial charge in [-0.1, -0.05) is 50.5 Å². The third-order valence-corrected chi connectivity index (χ3v) is 7.20. The second-order valence-corrected chi connectivity index (χ2v) is 9.32. The molecule has 0 saturated heterocycles. The molecule has 0 aromatic heterocycles. The second-order valence-electron chi connectivity index (χ2n) is 9.32. The zero-order chi connectivity index (χ0) is 21.8. The van der Waals surface area contributed by atoms with Crippen LogP contribution in [0.4, 0.5) is 13.2 Å². The maximum Gasteiger partial charge on any atom is 0.416 e. The molecule has 2 aromatic carbocycles. The van der Waals surface area contributed by atoms with E-state index < -0.39 is 11.7 Å². The maximum atomic E-state index is 12.7. The topological polar surface area (TPSA) is 0 Å². The monoisotopic (exact) mass is 424 g/mol. The molecule has 0 heterocycles. The van der Waals surface area contributed by atoms with E-state index in [2.05, 4.69) is 37.0 Å². The van der Waals surface area contributed by atoms with E-state index >= 15 is 0 Å². The number of benzene rings is 2. The summed E-state index contributed by atoms with van der Waals surface area (Å²) in [5.74, 6) is 8.61. The summed E-state index contributed by atoms with van der Waals surface area (Å²) in [6.45, 7) is 2.27. The van der Waals surface area contributed by atoms with Crippen LogP contribution in [0.15, 0.2) is 42.5 Å². The van der Waals surface area contributed by atoms with Crippen LogP contribution < -0.4 is 0 Å². The summed E-state index contributed by atoms with van der Waals surface area (Å²) >= 11 is 0. The van der Waals surface area contributed by atoms with Gasteiger partial charge in [-0.3, -0.25) is 0 Å². The molecule has 3 heteroatoms. The third-order valence-electron chi connectivity index (χ3n) is 7.20. The summed E-state index contributed by atoms with van der Waals surface area (Å²) in [6, 6.07) is 11.6. The predicted molar refractivity (Wildman–Crippen MR) is 120 cm³/mol. The van der Waals surface area contributed by atoms with Crippen molar-refractivity contribution in [3.05, 3.63) is 70.3 Å². The lowest BCUT2D eigenvalue weighted by atomic mass is 9.64. The zero-order valence-corrected chi connectivity index (χ0v) is 18.3. The lowest BCUT2D eigenvalue weighted by molar-refractivity contribution is -0.137. The smallest absolute Gasteiger partial charge is 0.166 e. The number of hydrogen-bond donors (Lipinski definition) is 0. The highest BCUT2D eigenvalue weighted by Crippen LogP contribution is 2.48. The fraction of sp³-hybridized carbons (Fsp3) is 0.500. The number of halogens is 3. The van der Waals surface area contributed by atoms with Crippen LogP contribution in [0.2, 0.25) is 0 Å². The van der Waals surface area contributed by atoms with Gasteiger partial charge in [-0.15, -0.1) is 0 Å². The van der Waals surface area contributed by atoms with Crippen LogP contribution in [0.5, 0.6) is 0 Å². The highest BCUT2D eigenvalue weighted by molar-refractivity contribution is 5.47. The third kappa shape index (κ3) is 5.35. The first-order valence-corrected chi connectivity index (χ1v) is 11.8. The Balaban J connectivity index is 1.43. The molecule has 0 amide bonds. The van der Waals surface area contributed by atoms with Crippen LogP contribution in [-0.4, -0.2) is 0 Å². The van der Waals surface area contributed by atoms with E-state index in [9.17, 15) is 13.2 Å². The molecule has 4 rings (SSSR count). The van der Waals surface area contributed by atoms with Gasteiger partial charge in [0.05, 0.1) is 5.56 Å². The minimum Gasteiger partial charge on any atom is -0.166 e. The van der Waals surface area contributed by atoms with Crippen molar-refractivity contribution >= 4 is 0 Å². The molecule has 2 aromatic rings. The Morgan fingerprint density at radius 2 is 1.65 bits per heavy atom. The van der Waals surface area contributed by atoms with Crippen molar-refractivity contribution in [3.63, 3.8) is 0 Å². The van der Waals surface area contributed by atoms with Crippen molar-refractivity contribution in [2.75, 3.05) is 0 Å². The fourth-order valence-electron chi connectivity index (χ4n) is 5.52. The number of unbranched alkanes of at least 4 members (excludes halogenated alkanes) is 2. The normalized spacial score (nSPS) is 22.8. The summed E-state index contributed by atoms with van der Waals surface area (Å²) in [5, 5.41) is 0. The average Bonchev–Trinajstić information content (AvgIpc) is 2.77. The molecule has 0 aliphatic heterocycles. The van der Waals surface area contributed by atoms with Crippen molar-refractivity contribution in [2.45, 2.75) is 76.8 Å². The molecule has 1 saturated carbocycles. The first kappa shape index (κ1) is 22.0. The molecule has 0 nitrogen and oxygen atoms in total. The SMILES string of the molecule is CCCCCC1CCC2c3ccc(C#Cc4ccc(C(F)(F)F)cc4)cc3CCC2C1. The Bertz CT molecular complexity index is 943. The zero-order valence-electron chi connectivity index (χ0n) is 18.3. The number of alkyl halides is 3. The largest absolute Gasteiger partial charge is 0.416 e. The molecule has 0 N–H and O–H groups in total. The minimum absolute atomic E-state index is 0.604. The van der Waals surface area contributed by atoms with Gasteiger partial charge in [0, 0.05) is 11.1 Å². The van der Waals surface area contributed by atoms with Crippen molar-refractivity contribution < 1.29 is 13.2 Å². The summed E-state index contributed by atoms with van der Waals surface area (Å²) in [4.78, 5) is 0.